The van der Waals surface area contributed by atoms with Crippen LogP contribution in [0, 0.1) is 13.8 Å². The van der Waals surface area contributed by atoms with Crippen LogP contribution in [0.5, 0.6) is 0 Å². The fraction of sp³-hybridized carbons (Fsp3) is 0.219. The Kier molecular flexibility index (Phi) is 7.28. The molecule has 2 unspecified atom stereocenters. The Morgan fingerprint density at radius 1 is 1.11 bits per heavy atom. The fourth-order valence-electron chi connectivity index (χ4n) is 5.83. The van der Waals surface area contributed by atoms with Crippen LogP contribution < -0.4 is 11.1 Å². The lowest BCUT2D eigenvalue weighted by Gasteiger charge is -2.24. The predicted octanol–water partition coefficient (Wildman–Crippen LogP) is 4.39. The minimum absolute atomic E-state index is 0.00719. The van der Waals surface area contributed by atoms with Crippen molar-refractivity contribution >= 4 is 56.6 Å². The number of thiazole rings is 1. The number of nitrogens with one attached hydrogen (secondary N) is 2. The van der Waals surface area contributed by atoms with E-state index in [1.54, 1.807) is 54.1 Å². The number of aromatic amines is 1. The monoisotopic (exact) mass is 637 g/mol. The number of rotatable bonds is 7. The number of carbonyl (C=O) groups is 3. The van der Waals surface area contributed by atoms with Crippen molar-refractivity contribution in [2.75, 3.05) is 11.9 Å². The molecule has 1 aliphatic heterocycles. The van der Waals surface area contributed by atoms with Crippen LogP contribution >= 0.6 is 11.3 Å². The molecule has 14 heteroatoms. The minimum Gasteiger partial charge on any atom is -0.364 e. The summed E-state index contributed by atoms with van der Waals surface area (Å²) >= 11 is 1.58. The van der Waals surface area contributed by atoms with Gasteiger partial charge in [0.2, 0.25) is 11.8 Å². The van der Waals surface area contributed by atoms with Gasteiger partial charge in [-0.2, -0.15) is 15.3 Å². The van der Waals surface area contributed by atoms with Gasteiger partial charge in [0.25, 0.3) is 5.91 Å². The molecule has 5 heterocycles. The molecule has 7 rings (SSSR count). The van der Waals surface area contributed by atoms with Crippen molar-refractivity contribution in [1.82, 2.24) is 34.8 Å². The lowest BCUT2D eigenvalue weighted by Crippen LogP contribution is -2.44. The Balaban J connectivity index is 1.14. The highest BCUT2D eigenvalue weighted by molar-refractivity contribution is 7.15. The van der Waals surface area contributed by atoms with E-state index in [2.05, 4.69) is 30.6 Å². The number of nitrogens with zero attached hydrogens (tertiary/aromatic N) is 6. The predicted molar refractivity (Wildman–Crippen MR) is 172 cm³/mol. The fourth-order valence-corrected chi connectivity index (χ4v) is 6.72. The number of nitrogens with two attached hydrogens (primary N) is 1. The normalized spacial score (nSPS) is 16.4. The maximum atomic E-state index is 14.8. The molecule has 0 spiro atoms. The summed E-state index contributed by atoms with van der Waals surface area (Å²) in [7, 11) is 0. The molecular weight excluding hydrogens is 609 g/mol. The molecule has 0 aliphatic carbocycles. The average molecular weight is 638 g/mol. The number of hydrogen-bond acceptors (Lipinski definition) is 8. The lowest BCUT2D eigenvalue weighted by atomic mass is 10.0. The summed E-state index contributed by atoms with van der Waals surface area (Å²) in [5.41, 5.74) is 10.6. The van der Waals surface area contributed by atoms with Gasteiger partial charge in [0.15, 0.2) is 5.69 Å². The Bertz CT molecular complexity index is 2140. The largest absolute Gasteiger partial charge is 0.364 e. The highest BCUT2D eigenvalue weighted by atomic mass is 32.1. The van der Waals surface area contributed by atoms with Gasteiger partial charge in [-0.1, -0.05) is 18.2 Å². The van der Waals surface area contributed by atoms with Gasteiger partial charge in [0, 0.05) is 27.6 Å². The first-order valence-electron chi connectivity index (χ1n) is 14.5. The van der Waals surface area contributed by atoms with E-state index < -0.39 is 29.9 Å². The third kappa shape index (κ3) is 5.26. The van der Waals surface area contributed by atoms with E-state index in [0.717, 1.165) is 37.8 Å². The maximum absolute atomic E-state index is 14.8. The molecule has 1 saturated heterocycles. The first-order chi connectivity index (χ1) is 22.2. The molecule has 0 saturated carbocycles. The van der Waals surface area contributed by atoms with Crippen LogP contribution in [0.25, 0.3) is 43.6 Å². The second-order valence-electron chi connectivity index (χ2n) is 11.2. The summed E-state index contributed by atoms with van der Waals surface area (Å²) < 4.78 is 16.1. The molecule has 1 fully saturated rings. The number of para-hydroxylation sites is 1. The summed E-state index contributed by atoms with van der Waals surface area (Å²) in [6.45, 7) is 3.41. The Morgan fingerprint density at radius 2 is 1.96 bits per heavy atom. The van der Waals surface area contributed by atoms with Crippen molar-refractivity contribution in [3.63, 3.8) is 0 Å². The number of hydrogen-bond donors (Lipinski definition) is 3. The Labute approximate surface area is 265 Å². The summed E-state index contributed by atoms with van der Waals surface area (Å²) in [6, 6.07) is 13.5. The molecule has 6 aromatic rings. The van der Waals surface area contributed by atoms with Crippen molar-refractivity contribution < 1.29 is 18.8 Å². The van der Waals surface area contributed by atoms with Crippen LogP contribution in [0.15, 0.2) is 60.9 Å². The number of alkyl halides is 1. The van der Waals surface area contributed by atoms with Crippen molar-refractivity contribution in [3.8, 4) is 21.8 Å². The number of anilines is 1. The number of carbonyl (C=O) groups excluding carboxylic acids is 3. The molecular formula is C32H28FN9O3S. The van der Waals surface area contributed by atoms with Crippen LogP contribution in [-0.4, -0.2) is 71.3 Å². The number of amides is 3. The number of fused-ring (bicyclic) bond motifs is 2. The zero-order valence-corrected chi connectivity index (χ0v) is 25.6. The molecule has 2 atom stereocenters. The van der Waals surface area contributed by atoms with Crippen molar-refractivity contribution in [2.45, 2.75) is 39.0 Å². The van der Waals surface area contributed by atoms with E-state index in [1.807, 2.05) is 32.0 Å². The number of H-pyrrole nitrogens is 1. The highest BCUT2D eigenvalue weighted by Gasteiger charge is 2.40. The average Bonchev–Trinajstić information content (AvgIpc) is 3.82. The molecule has 232 valence electrons. The van der Waals surface area contributed by atoms with Crippen LogP contribution in [0.4, 0.5) is 10.1 Å². The summed E-state index contributed by atoms with van der Waals surface area (Å²) in [5.74, 6) is -1.78. The van der Waals surface area contributed by atoms with Gasteiger partial charge in [0.05, 0.1) is 47.0 Å². The van der Waals surface area contributed by atoms with Crippen LogP contribution in [0.1, 0.15) is 27.5 Å². The van der Waals surface area contributed by atoms with Crippen molar-refractivity contribution in [2.24, 2.45) is 5.73 Å². The molecule has 2 aromatic carbocycles. The van der Waals surface area contributed by atoms with Gasteiger partial charge in [0.1, 0.15) is 23.8 Å². The van der Waals surface area contributed by atoms with E-state index in [0.29, 0.717) is 22.1 Å². The van der Waals surface area contributed by atoms with E-state index >= 15 is 0 Å². The topological polar surface area (TPSA) is 165 Å². The second-order valence-corrected chi connectivity index (χ2v) is 12.4. The molecule has 4 aromatic heterocycles. The molecule has 3 amide bonds. The molecule has 0 bridgehead atoms. The quantitative estimate of drug-likeness (QED) is 0.234. The van der Waals surface area contributed by atoms with Gasteiger partial charge in [-0.3, -0.25) is 19.1 Å². The first kappa shape index (κ1) is 29.2. The van der Waals surface area contributed by atoms with Crippen LogP contribution in [-0.2, 0) is 16.1 Å². The zero-order chi connectivity index (χ0) is 32.1. The summed E-state index contributed by atoms with van der Waals surface area (Å²) in [6.07, 6.45) is 1.62. The van der Waals surface area contributed by atoms with Gasteiger partial charge >= 0.3 is 0 Å². The number of halogens is 1. The minimum atomic E-state index is -1.38. The van der Waals surface area contributed by atoms with Gasteiger partial charge in [-0.05, 0) is 49.7 Å². The highest BCUT2D eigenvalue weighted by Crippen LogP contribution is 2.33. The van der Waals surface area contributed by atoms with Gasteiger partial charge < -0.3 is 20.9 Å². The van der Waals surface area contributed by atoms with Crippen molar-refractivity contribution in [3.05, 3.63) is 77.2 Å². The number of aryl methyl sites for hydroxylation is 2. The molecule has 12 nitrogen and oxygen atoms in total. The third-order valence-corrected chi connectivity index (χ3v) is 9.34. The van der Waals surface area contributed by atoms with E-state index in [9.17, 15) is 18.8 Å². The van der Waals surface area contributed by atoms with E-state index in [4.69, 9.17) is 5.73 Å². The van der Waals surface area contributed by atoms with E-state index in [1.165, 1.54) is 9.58 Å². The lowest BCUT2D eigenvalue weighted by molar-refractivity contribution is -0.137. The molecule has 4 N–H and O–H groups in total. The Morgan fingerprint density at radius 3 is 2.70 bits per heavy atom. The Hall–Kier alpha value is -5.50. The number of aromatic nitrogens is 6. The number of primary amides is 1. The van der Waals surface area contributed by atoms with Gasteiger partial charge in [-0.15, -0.1) is 11.3 Å². The zero-order valence-electron chi connectivity index (χ0n) is 24.8. The SMILES string of the molecule is Cc1nc(-c2cc3cccc(NC(=O)C4CC(F)CN4C(=O)Cn4nc(C(N)=O)c5cc(-c6ccnnc6)ccc54)c3[nH]2)sc1C. The smallest absolute Gasteiger partial charge is 0.269 e. The van der Waals surface area contributed by atoms with Crippen LogP contribution in [0.2, 0.25) is 0 Å². The number of likely N-dealkylation sites (tertiary alicyclic amines) is 1. The standard InChI is InChI=1S/C32H28FN9O3S/c1-16-17(2)46-32(37-16)24-11-19-4-3-5-23(28(19)38-24)39-31(45)26-12-21(33)14-41(26)27(43)15-42-25-7-6-18(20-8-9-35-36-13-20)10-22(25)29(40-42)30(34)44/h3-11,13,21,26,38H,12,14-15H2,1-2H3,(H2,34,44)(H,39,45). The number of benzene rings is 2. The third-order valence-electron chi connectivity index (χ3n) is 8.23. The molecule has 46 heavy (non-hydrogen) atoms. The van der Waals surface area contributed by atoms with Gasteiger partial charge in [-0.25, -0.2) is 9.37 Å². The maximum Gasteiger partial charge on any atom is 0.269 e. The first-order valence-corrected chi connectivity index (χ1v) is 15.4. The second kappa shape index (κ2) is 11.5. The molecule has 0 radical (unpaired) electrons. The van der Waals surface area contributed by atoms with E-state index in [-0.39, 0.29) is 25.2 Å². The van der Waals surface area contributed by atoms with Crippen molar-refractivity contribution in [1.29, 1.82) is 0 Å². The van der Waals surface area contributed by atoms with Crippen LogP contribution in [0.3, 0.4) is 0 Å². The summed E-state index contributed by atoms with van der Waals surface area (Å²) in [4.78, 5) is 49.8. The molecule has 1 aliphatic rings. The summed E-state index contributed by atoms with van der Waals surface area (Å²) in [5, 5.41) is 17.1.